The minimum absolute atomic E-state index is 0.103. The van der Waals surface area contributed by atoms with Crippen LogP contribution < -0.4 is 9.47 Å². The van der Waals surface area contributed by atoms with Gasteiger partial charge in [-0.25, -0.2) is 9.07 Å². The molecular weight excluding hydrogens is 495 g/mol. The molecule has 0 aliphatic carbocycles. The molecule has 0 saturated carbocycles. The van der Waals surface area contributed by atoms with Crippen LogP contribution >= 0.6 is 23.2 Å². The highest BCUT2D eigenvalue weighted by atomic mass is 35.5. The lowest BCUT2D eigenvalue weighted by Crippen LogP contribution is -2.09. The van der Waals surface area contributed by atoms with E-state index in [0.29, 0.717) is 17.1 Å². The Morgan fingerprint density at radius 3 is 2.24 bits per heavy atom. The van der Waals surface area contributed by atoms with E-state index in [1.54, 1.807) is 36.4 Å². The van der Waals surface area contributed by atoms with Gasteiger partial charge in [-0.3, -0.25) is 0 Å². The minimum atomic E-state index is -4.66. The molecule has 4 rings (SSSR count). The molecule has 0 atom stereocenters. The third-order valence-corrected chi connectivity index (χ3v) is 5.55. The van der Waals surface area contributed by atoms with Crippen LogP contribution in [-0.4, -0.2) is 16.9 Å². The molecule has 34 heavy (non-hydrogen) atoms. The van der Waals surface area contributed by atoms with Crippen molar-refractivity contribution in [3.63, 3.8) is 0 Å². The van der Waals surface area contributed by atoms with E-state index in [0.717, 1.165) is 16.3 Å². The zero-order valence-corrected chi connectivity index (χ0v) is 19.0. The van der Waals surface area contributed by atoms with Gasteiger partial charge in [0.1, 0.15) is 29.6 Å². The second-order valence-electron chi connectivity index (χ2n) is 7.16. The summed E-state index contributed by atoms with van der Waals surface area (Å²) in [5.74, 6) is 0.347. The van der Waals surface area contributed by atoms with Crippen molar-refractivity contribution in [3.05, 3.63) is 94.0 Å². The number of benzene rings is 3. The van der Waals surface area contributed by atoms with Crippen LogP contribution in [0.5, 0.6) is 11.5 Å². The maximum Gasteiger partial charge on any atom is 0.435 e. The van der Waals surface area contributed by atoms with E-state index in [4.69, 9.17) is 32.7 Å². The summed E-state index contributed by atoms with van der Waals surface area (Å²) in [5.41, 5.74) is 0.555. The first-order valence-corrected chi connectivity index (χ1v) is 10.6. The largest absolute Gasteiger partial charge is 0.496 e. The highest BCUT2D eigenvalue weighted by molar-refractivity contribution is 6.37. The molecule has 0 unspecified atom stereocenters. The fourth-order valence-corrected chi connectivity index (χ4v) is 3.90. The van der Waals surface area contributed by atoms with Crippen LogP contribution in [0.3, 0.4) is 0 Å². The van der Waals surface area contributed by atoms with Crippen molar-refractivity contribution in [2.75, 3.05) is 7.11 Å². The predicted molar refractivity (Wildman–Crippen MR) is 121 cm³/mol. The van der Waals surface area contributed by atoms with E-state index >= 15 is 0 Å². The van der Waals surface area contributed by atoms with Gasteiger partial charge in [0, 0.05) is 11.6 Å². The van der Waals surface area contributed by atoms with E-state index in [1.807, 2.05) is 0 Å². The number of hydrogen-bond donors (Lipinski definition) is 0. The van der Waals surface area contributed by atoms with Crippen LogP contribution in [0.2, 0.25) is 10.0 Å². The van der Waals surface area contributed by atoms with Crippen LogP contribution in [0.25, 0.3) is 16.8 Å². The molecule has 0 N–H and O–H groups in total. The zero-order chi connectivity index (χ0) is 24.5. The number of para-hydroxylation sites is 1. The number of alkyl halides is 3. The number of ether oxygens (including phenoxy) is 2. The number of aromatic nitrogens is 2. The number of hydrogen-bond acceptors (Lipinski definition) is 3. The summed E-state index contributed by atoms with van der Waals surface area (Å²) in [6.45, 7) is -0.232. The Hall–Kier alpha value is -3.23. The van der Waals surface area contributed by atoms with Gasteiger partial charge in [0.15, 0.2) is 5.69 Å². The van der Waals surface area contributed by atoms with Gasteiger partial charge in [-0.05, 0) is 48.0 Å². The quantitative estimate of drug-likeness (QED) is 0.250. The first-order chi connectivity index (χ1) is 16.2. The summed E-state index contributed by atoms with van der Waals surface area (Å²) in [6.07, 6.45) is -4.66. The summed E-state index contributed by atoms with van der Waals surface area (Å²) in [5, 5.41) is 3.95. The third-order valence-electron chi connectivity index (χ3n) is 4.94. The number of methoxy groups -OCH3 is 1. The summed E-state index contributed by atoms with van der Waals surface area (Å²) >= 11 is 12.4. The number of nitrogens with zero attached hydrogens (tertiary/aromatic N) is 2. The highest BCUT2D eigenvalue weighted by Gasteiger charge is 2.35. The van der Waals surface area contributed by atoms with Gasteiger partial charge in [-0.1, -0.05) is 41.4 Å². The molecule has 0 aliphatic heterocycles. The van der Waals surface area contributed by atoms with Crippen molar-refractivity contribution in [1.82, 2.24) is 9.78 Å². The molecule has 4 nitrogen and oxygen atoms in total. The van der Waals surface area contributed by atoms with E-state index in [9.17, 15) is 17.6 Å². The molecule has 176 valence electrons. The first kappa shape index (κ1) is 23.9. The smallest absolute Gasteiger partial charge is 0.435 e. The molecule has 1 heterocycles. The third kappa shape index (κ3) is 4.98. The summed E-state index contributed by atoms with van der Waals surface area (Å²) in [4.78, 5) is 0. The standard InChI is InChI=1S/C24H16Cl2F4N2O2/c1-33-21-11-15(27)7-10-18(21)14-5-8-17(9-6-14)34-13-16-12-22(24(28,29)30)31-32(16)23-19(25)3-2-4-20(23)26/h2-12H,13H2,1H3. The van der Waals surface area contributed by atoms with Gasteiger partial charge in [0.05, 0.1) is 22.8 Å². The highest BCUT2D eigenvalue weighted by Crippen LogP contribution is 2.35. The van der Waals surface area contributed by atoms with Crippen LogP contribution in [0.1, 0.15) is 11.4 Å². The van der Waals surface area contributed by atoms with E-state index in [2.05, 4.69) is 5.10 Å². The summed E-state index contributed by atoms with van der Waals surface area (Å²) in [6, 6.07) is 16.4. The van der Waals surface area contributed by atoms with Crippen molar-refractivity contribution >= 4 is 23.2 Å². The topological polar surface area (TPSA) is 36.3 Å². The normalized spacial score (nSPS) is 11.5. The van der Waals surface area contributed by atoms with E-state index in [-0.39, 0.29) is 28.0 Å². The molecule has 0 bridgehead atoms. The molecule has 0 aliphatic rings. The fraction of sp³-hybridized carbons (Fsp3) is 0.125. The van der Waals surface area contributed by atoms with Gasteiger partial charge in [0.25, 0.3) is 0 Å². The molecule has 3 aromatic carbocycles. The van der Waals surface area contributed by atoms with Gasteiger partial charge in [-0.15, -0.1) is 0 Å². The van der Waals surface area contributed by atoms with Crippen molar-refractivity contribution in [2.24, 2.45) is 0 Å². The van der Waals surface area contributed by atoms with Crippen molar-refractivity contribution in [3.8, 4) is 28.3 Å². The molecule has 0 spiro atoms. The van der Waals surface area contributed by atoms with E-state index < -0.39 is 17.7 Å². The Labute approximate surface area is 202 Å². The molecule has 0 fully saturated rings. The maximum absolute atomic E-state index is 13.5. The van der Waals surface area contributed by atoms with Crippen LogP contribution in [0, 0.1) is 5.82 Å². The van der Waals surface area contributed by atoms with Gasteiger partial charge in [-0.2, -0.15) is 18.3 Å². The Morgan fingerprint density at radius 2 is 1.62 bits per heavy atom. The van der Waals surface area contributed by atoms with Gasteiger partial charge < -0.3 is 9.47 Å². The van der Waals surface area contributed by atoms with Crippen molar-refractivity contribution < 1.29 is 27.0 Å². The Bertz CT molecular complexity index is 1300. The first-order valence-electron chi connectivity index (χ1n) is 9.84. The van der Waals surface area contributed by atoms with Gasteiger partial charge >= 0.3 is 6.18 Å². The van der Waals surface area contributed by atoms with Crippen molar-refractivity contribution in [2.45, 2.75) is 12.8 Å². The second-order valence-corrected chi connectivity index (χ2v) is 7.97. The van der Waals surface area contributed by atoms with Crippen LogP contribution in [-0.2, 0) is 12.8 Å². The number of halogens is 6. The number of rotatable bonds is 6. The summed E-state index contributed by atoms with van der Waals surface area (Å²) < 4.78 is 65.5. The molecule has 0 radical (unpaired) electrons. The SMILES string of the molecule is COc1cc(F)ccc1-c1ccc(OCc2cc(C(F)(F)F)nn2-c2c(Cl)cccc2Cl)cc1. The lowest BCUT2D eigenvalue weighted by atomic mass is 10.0. The predicted octanol–water partition coefficient (Wildman–Crippen LogP) is 7.59. The molecule has 10 heteroatoms. The average molecular weight is 511 g/mol. The Kier molecular flexibility index (Phi) is 6.72. The van der Waals surface area contributed by atoms with Crippen molar-refractivity contribution in [1.29, 1.82) is 0 Å². The zero-order valence-electron chi connectivity index (χ0n) is 17.5. The minimum Gasteiger partial charge on any atom is -0.496 e. The van der Waals surface area contributed by atoms with Crippen LogP contribution in [0.4, 0.5) is 17.6 Å². The van der Waals surface area contributed by atoms with Crippen LogP contribution in [0.15, 0.2) is 66.7 Å². The van der Waals surface area contributed by atoms with E-state index in [1.165, 1.54) is 31.4 Å². The molecule has 0 saturated heterocycles. The monoisotopic (exact) mass is 510 g/mol. The van der Waals surface area contributed by atoms with Gasteiger partial charge in [0.2, 0.25) is 0 Å². The Morgan fingerprint density at radius 1 is 0.941 bits per heavy atom. The molecule has 1 aromatic heterocycles. The fourth-order valence-electron chi connectivity index (χ4n) is 3.34. The molecular formula is C24H16Cl2F4N2O2. The Balaban J connectivity index is 1.61. The molecule has 0 amide bonds. The maximum atomic E-state index is 13.5. The lowest BCUT2D eigenvalue weighted by Gasteiger charge is -2.13. The second kappa shape index (κ2) is 9.56. The summed E-state index contributed by atoms with van der Waals surface area (Å²) in [7, 11) is 1.44. The average Bonchev–Trinajstić information content (AvgIpc) is 3.22. The lowest BCUT2D eigenvalue weighted by molar-refractivity contribution is -0.141. The molecule has 4 aromatic rings.